The van der Waals surface area contributed by atoms with E-state index in [1.165, 1.54) is 29.2 Å². The van der Waals surface area contributed by atoms with E-state index >= 15 is 0 Å². The lowest BCUT2D eigenvalue weighted by atomic mass is 9.86. The molecule has 2 aliphatic rings. The molecule has 1 aliphatic heterocycles. The highest BCUT2D eigenvalue weighted by atomic mass is 19.3. The first-order chi connectivity index (χ1) is 17.0. The second-order valence-corrected chi connectivity index (χ2v) is 9.74. The molecule has 2 amide bonds. The number of rotatable bonds is 7. The molecule has 0 spiro atoms. The largest absolute Gasteiger partial charge is 0.481 e. The van der Waals surface area contributed by atoms with E-state index in [2.05, 4.69) is 10.1 Å². The van der Waals surface area contributed by atoms with Crippen LogP contribution in [0.5, 0.6) is 5.75 Å². The van der Waals surface area contributed by atoms with Gasteiger partial charge >= 0.3 is 12.6 Å². The molecule has 0 aromatic heterocycles. The Balaban J connectivity index is 1.66. The maximum Gasteiger partial charge on any atom is 0.387 e. The van der Waals surface area contributed by atoms with Gasteiger partial charge in [-0.3, -0.25) is 14.4 Å². The number of aryl methyl sites for hydroxylation is 1. The van der Waals surface area contributed by atoms with Crippen LogP contribution in [-0.2, 0) is 32.6 Å². The minimum atomic E-state index is -3.01. The third-order valence-electron chi connectivity index (χ3n) is 6.82. The Kier molecular flexibility index (Phi) is 6.97. The second kappa shape index (κ2) is 9.83. The number of fused-ring (bicyclic) bond motifs is 2. The maximum absolute atomic E-state index is 15.0. The Morgan fingerprint density at radius 1 is 1.14 bits per heavy atom. The molecule has 10 heteroatoms. The average molecular weight is 505 g/mol. The molecule has 7 nitrogen and oxygen atoms in total. The Bertz CT molecular complexity index is 1210. The molecule has 2 aromatic rings. The molecule has 0 radical (unpaired) electrons. The number of carboxylic acids is 1. The zero-order chi connectivity index (χ0) is 26.2. The highest BCUT2D eigenvalue weighted by molar-refractivity contribution is 5.98. The molecule has 1 atom stereocenters. The number of carbonyl (C=O) groups is 3. The number of nitrogens with zero attached hydrogens (tertiary/aromatic N) is 1. The van der Waals surface area contributed by atoms with Gasteiger partial charge in [-0.2, -0.15) is 8.78 Å². The van der Waals surface area contributed by atoms with Gasteiger partial charge < -0.3 is 20.1 Å². The predicted molar refractivity (Wildman–Crippen MR) is 124 cm³/mol. The smallest absolute Gasteiger partial charge is 0.387 e. The highest BCUT2D eigenvalue weighted by Crippen LogP contribution is 2.41. The molecule has 1 heterocycles. The number of halogens is 3. The van der Waals surface area contributed by atoms with Gasteiger partial charge in [-0.15, -0.1) is 0 Å². The SMILES string of the molecule is CC1(C)CCc2cc(NC(=O)[C@H]3c4ccc(OC(F)F)cc4CCN3C(=O)CCC(=O)O)cc(F)c21. The monoisotopic (exact) mass is 504 g/mol. The van der Waals surface area contributed by atoms with Crippen molar-refractivity contribution < 1.29 is 37.4 Å². The lowest BCUT2D eigenvalue weighted by Gasteiger charge is -2.36. The van der Waals surface area contributed by atoms with Gasteiger partial charge in [0, 0.05) is 18.7 Å². The summed E-state index contributed by atoms with van der Waals surface area (Å²) in [5, 5.41) is 11.7. The van der Waals surface area contributed by atoms with E-state index in [0.717, 1.165) is 12.0 Å². The van der Waals surface area contributed by atoms with Crippen LogP contribution in [0.2, 0.25) is 0 Å². The number of aliphatic carboxylic acids is 1. The first kappa shape index (κ1) is 25.5. The van der Waals surface area contributed by atoms with Crippen LogP contribution in [0.3, 0.4) is 0 Å². The minimum absolute atomic E-state index is 0.0723. The normalized spacial score (nSPS) is 17.9. The van der Waals surface area contributed by atoms with E-state index in [9.17, 15) is 27.6 Å². The van der Waals surface area contributed by atoms with Crippen LogP contribution in [0.4, 0.5) is 18.9 Å². The molecule has 0 bridgehead atoms. The Morgan fingerprint density at radius 3 is 2.58 bits per heavy atom. The van der Waals surface area contributed by atoms with Crippen LogP contribution >= 0.6 is 0 Å². The van der Waals surface area contributed by atoms with Crippen molar-refractivity contribution in [2.45, 2.75) is 64.0 Å². The summed E-state index contributed by atoms with van der Waals surface area (Å²) in [6, 6.07) is 5.96. The summed E-state index contributed by atoms with van der Waals surface area (Å²) < 4.78 is 44.8. The minimum Gasteiger partial charge on any atom is -0.481 e. The molecule has 0 unspecified atom stereocenters. The van der Waals surface area contributed by atoms with Crippen LogP contribution in [0, 0.1) is 5.82 Å². The predicted octanol–water partition coefficient (Wildman–Crippen LogP) is 4.58. The number of ether oxygens (including phenoxy) is 1. The van der Waals surface area contributed by atoms with Crippen molar-refractivity contribution in [3.63, 3.8) is 0 Å². The lowest BCUT2D eigenvalue weighted by Crippen LogP contribution is -2.45. The fourth-order valence-corrected chi connectivity index (χ4v) is 5.16. The van der Waals surface area contributed by atoms with Crippen molar-refractivity contribution in [1.82, 2.24) is 4.90 Å². The summed E-state index contributed by atoms with van der Waals surface area (Å²) in [5.41, 5.74) is 2.33. The highest BCUT2D eigenvalue weighted by Gasteiger charge is 2.37. The van der Waals surface area contributed by atoms with Crippen LogP contribution in [0.25, 0.3) is 0 Å². The van der Waals surface area contributed by atoms with Crippen molar-refractivity contribution in [2.75, 3.05) is 11.9 Å². The van der Waals surface area contributed by atoms with Crippen LogP contribution in [-0.4, -0.2) is 40.9 Å². The van der Waals surface area contributed by atoms with Crippen LogP contribution < -0.4 is 10.1 Å². The number of alkyl halides is 2. The van der Waals surface area contributed by atoms with E-state index in [4.69, 9.17) is 5.11 Å². The van der Waals surface area contributed by atoms with Crippen molar-refractivity contribution in [3.8, 4) is 5.75 Å². The summed E-state index contributed by atoms with van der Waals surface area (Å²) in [6.45, 7) is 0.992. The van der Waals surface area contributed by atoms with E-state index in [1.807, 2.05) is 13.8 Å². The molecular formula is C26H27F3N2O5. The molecule has 4 rings (SSSR count). The molecular weight excluding hydrogens is 477 g/mol. The number of hydrogen-bond acceptors (Lipinski definition) is 4. The number of carbonyl (C=O) groups excluding carboxylic acids is 2. The summed E-state index contributed by atoms with van der Waals surface area (Å²) in [7, 11) is 0. The first-order valence-corrected chi connectivity index (χ1v) is 11.7. The van der Waals surface area contributed by atoms with Gasteiger partial charge in [-0.1, -0.05) is 19.9 Å². The van der Waals surface area contributed by atoms with Crippen LogP contribution in [0.15, 0.2) is 30.3 Å². The molecule has 0 saturated heterocycles. The van der Waals surface area contributed by atoms with E-state index in [-0.39, 0.29) is 36.2 Å². The van der Waals surface area contributed by atoms with Crippen molar-refractivity contribution in [3.05, 3.63) is 58.4 Å². The number of amides is 2. The first-order valence-electron chi connectivity index (χ1n) is 11.7. The molecule has 2 aromatic carbocycles. The molecule has 1 aliphatic carbocycles. The molecule has 192 valence electrons. The van der Waals surface area contributed by atoms with Gasteiger partial charge in [0.05, 0.1) is 6.42 Å². The standard InChI is InChI=1S/C26H27F3N2O5/c1-26(2)9-7-15-11-16(13-19(27)22(15)26)30-24(35)23-18-4-3-17(36-25(28)29)12-14(18)8-10-31(23)20(32)5-6-21(33)34/h3-4,11-13,23,25H,5-10H2,1-2H3,(H,30,35)(H,33,34)/t23-/m1/s1. The Morgan fingerprint density at radius 2 is 1.89 bits per heavy atom. The quantitative estimate of drug-likeness (QED) is 0.576. The molecule has 2 N–H and O–H groups in total. The van der Waals surface area contributed by atoms with Gasteiger partial charge in [0.25, 0.3) is 5.91 Å². The lowest BCUT2D eigenvalue weighted by molar-refractivity contribution is -0.143. The summed E-state index contributed by atoms with van der Waals surface area (Å²) in [4.78, 5) is 38.6. The summed E-state index contributed by atoms with van der Waals surface area (Å²) >= 11 is 0. The van der Waals surface area contributed by atoms with Gasteiger partial charge in [0.1, 0.15) is 17.6 Å². The Labute approximate surface area is 206 Å². The van der Waals surface area contributed by atoms with E-state index < -0.39 is 42.7 Å². The number of benzene rings is 2. The van der Waals surface area contributed by atoms with E-state index in [0.29, 0.717) is 23.1 Å². The number of anilines is 1. The summed E-state index contributed by atoms with van der Waals surface area (Å²) in [5.74, 6) is -2.78. The number of hydrogen-bond donors (Lipinski definition) is 2. The van der Waals surface area contributed by atoms with Crippen molar-refractivity contribution in [1.29, 1.82) is 0 Å². The van der Waals surface area contributed by atoms with Gasteiger partial charge in [-0.05, 0) is 71.2 Å². The van der Waals surface area contributed by atoms with Gasteiger partial charge in [0.15, 0.2) is 0 Å². The molecule has 0 fully saturated rings. The fraction of sp³-hybridized carbons (Fsp3) is 0.423. The molecule has 0 saturated carbocycles. The van der Waals surface area contributed by atoms with Gasteiger partial charge in [0.2, 0.25) is 5.91 Å². The zero-order valence-electron chi connectivity index (χ0n) is 19.9. The average Bonchev–Trinajstić information content (AvgIpc) is 3.10. The fourth-order valence-electron chi connectivity index (χ4n) is 5.16. The number of carboxylic acid groups (broad SMARTS) is 1. The zero-order valence-corrected chi connectivity index (χ0v) is 19.9. The number of nitrogens with one attached hydrogen (secondary N) is 1. The third kappa shape index (κ3) is 5.17. The van der Waals surface area contributed by atoms with E-state index in [1.54, 1.807) is 6.07 Å². The molecule has 36 heavy (non-hydrogen) atoms. The van der Waals surface area contributed by atoms with Gasteiger partial charge in [-0.25, -0.2) is 4.39 Å². The van der Waals surface area contributed by atoms with Crippen molar-refractivity contribution >= 4 is 23.5 Å². The third-order valence-corrected chi connectivity index (χ3v) is 6.82. The van der Waals surface area contributed by atoms with Crippen LogP contribution in [0.1, 0.15) is 61.4 Å². The maximum atomic E-state index is 15.0. The second-order valence-electron chi connectivity index (χ2n) is 9.74. The van der Waals surface area contributed by atoms with Crippen molar-refractivity contribution in [2.24, 2.45) is 0 Å². The Hall–Kier alpha value is -3.56. The topological polar surface area (TPSA) is 95.9 Å². The summed E-state index contributed by atoms with van der Waals surface area (Å²) in [6.07, 6.45) is 1.01.